The van der Waals surface area contributed by atoms with Crippen LogP contribution in [0, 0.1) is 0 Å². The van der Waals surface area contributed by atoms with Crippen LogP contribution in [0.25, 0.3) is 0 Å². The van der Waals surface area contributed by atoms with Crippen molar-refractivity contribution in [1.29, 1.82) is 0 Å². The largest absolute Gasteiger partial charge is 0.487 e. The molecule has 0 bridgehead atoms. The van der Waals surface area contributed by atoms with Gasteiger partial charge in [-0.2, -0.15) is 0 Å². The molecule has 3 aromatic rings. The van der Waals surface area contributed by atoms with Gasteiger partial charge < -0.3 is 14.7 Å². The topological polar surface area (TPSA) is 66.8 Å². The molecule has 0 saturated carbocycles. The summed E-state index contributed by atoms with van der Waals surface area (Å²) in [6.07, 6.45) is 2.39. The van der Waals surface area contributed by atoms with Gasteiger partial charge in [-0.25, -0.2) is 0 Å². The summed E-state index contributed by atoms with van der Waals surface area (Å²) in [6.45, 7) is 3.78. The fourth-order valence-corrected chi connectivity index (χ4v) is 4.88. The number of rotatable bonds is 8. The quantitative estimate of drug-likeness (QED) is 0.389. The second kappa shape index (κ2) is 10.3. The highest BCUT2D eigenvalue weighted by molar-refractivity contribution is 6.42. The highest BCUT2D eigenvalue weighted by atomic mass is 35.5. The van der Waals surface area contributed by atoms with E-state index in [1.54, 1.807) is 36.4 Å². The Kier molecular flexibility index (Phi) is 7.39. The molecule has 0 aromatic heterocycles. The molecule has 1 aliphatic heterocycles. The molecule has 1 atom stereocenters. The van der Waals surface area contributed by atoms with Gasteiger partial charge in [-0.15, -0.1) is 0 Å². The van der Waals surface area contributed by atoms with Gasteiger partial charge in [0, 0.05) is 24.9 Å². The number of aryl methyl sites for hydroxylation is 1. The van der Waals surface area contributed by atoms with Crippen LogP contribution in [0.5, 0.6) is 5.75 Å². The van der Waals surface area contributed by atoms with Crippen LogP contribution in [0.15, 0.2) is 60.7 Å². The number of carboxylic acids is 1. The van der Waals surface area contributed by atoms with Gasteiger partial charge in [-0.1, -0.05) is 66.5 Å². The number of hydrogen-bond acceptors (Lipinski definition) is 3. The van der Waals surface area contributed by atoms with Crippen molar-refractivity contribution in [2.24, 2.45) is 0 Å². The third kappa shape index (κ3) is 5.80. The lowest BCUT2D eigenvalue weighted by Gasteiger charge is -2.24. The van der Waals surface area contributed by atoms with E-state index in [-0.39, 0.29) is 6.54 Å². The second-order valence-corrected chi connectivity index (χ2v) is 9.95. The number of carbonyl (C=O) groups excluding carboxylic acids is 1. The first-order chi connectivity index (χ1) is 16.7. The van der Waals surface area contributed by atoms with Gasteiger partial charge in [-0.3, -0.25) is 9.59 Å². The first-order valence-corrected chi connectivity index (χ1v) is 12.3. The van der Waals surface area contributed by atoms with Crippen LogP contribution in [-0.4, -0.2) is 34.0 Å². The van der Waals surface area contributed by atoms with Gasteiger partial charge in [0.1, 0.15) is 17.9 Å². The summed E-state index contributed by atoms with van der Waals surface area (Å²) < 4.78 is 6.29. The Balaban J connectivity index is 1.53. The zero-order chi connectivity index (χ0) is 25.2. The predicted molar refractivity (Wildman–Crippen MR) is 138 cm³/mol. The van der Waals surface area contributed by atoms with E-state index >= 15 is 0 Å². The fraction of sp³-hybridized carbons (Fsp3) is 0.286. The summed E-state index contributed by atoms with van der Waals surface area (Å²) in [5, 5.41) is 10.1. The molecule has 0 unspecified atom stereocenters. The molecule has 0 spiro atoms. The molecule has 1 heterocycles. The van der Waals surface area contributed by atoms with E-state index in [0.717, 1.165) is 24.2 Å². The lowest BCUT2D eigenvalue weighted by Crippen LogP contribution is -2.35. The van der Waals surface area contributed by atoms with E-state index in [0.29, 0.717) is 27.6 Å². The number of carboxylic acid groups (broad SMARTS) is 1. The fourth-order valence-electron chi connectivity index (χ4n) is 4.50. The van der Waals surface area contributed by atoms with Crippen molar-refractivity contribution in [3.05, 3.63) is 98.5 Å². The maximum absolute atomic E-state index is 13.3. The number of amides is 1. The van der Waals surface area contributed by atoms with Gasteiger partial charge in [0.25, 0.3) is 5.91 Å². The molecule has 0 saturated heterocycles. The van der Waals surface area contributed by atoms with Crippen LogP contribution >= 0.6 is 23.2 Å². The summed E-state index contributed by atoms with van der Waals surface area (Å²) in [7, 11) is 0. The summed E-state index contributed by atoms with van der Waals surface area (Å²) in [5.74, 6) is -0.755. The van der Waals surface area contributed by atoms with E-state index < -0.39 is 24.0 Å². The number of aliphatic carboxylic acids is 1. The lowest BCUT2D eigenvalue weighted by atomic mass is 9.91. The Bertz CT molecular complexity index is 1260. The van der Waals surface area contributed by atoms with Crippen molar-refractivity contribution in [2.75, 3.05) is 6.54 Å². The third-order valence-corrected chi connectivity index (χ3v) is 7.10. The maximum Gasteiger partial charge on any atom is 0.323 e. The number of nitrogens with zero attached hydrogens (tertiary/aromatic N) is 1. The molecule has 182 valence electrons. The molecule has 1 amide bonds. The zero-order valence-corrected chi connectivity index (χ0v) is 21.2. The second-order valence-electron chi connectivity index (χ2n) is 9.17. The van der Waals surface area contributed by atoms with Gasteiger partial charge in [0.15, 0.2) is 0 Å². The Hall–Kier alpha value is -3.02. The standard InChI is InChI=1S/C28H27Cl2NO4/c1-3-18-7-9-19(10-8-18)14-28(2)15-22-13-20(11-12-24(22)35-28)27(34)31(17-25(32)33)16-21-5-4-6-23(29)26(21)30/h4-13H,3,14-17H2,1-2H3,(H,32,33)/t28-/m1/s1. The van der Waals surface area contributed by atoms with Gasteiger partial charge >= 0.3 is 5.97 Å². The highest BCUT2D eigenvalue weighted by Crippen LogP contribution is 2.38. The molecule has 0 aliphatic carbocycles. The monoisotopic (exact) mass is 511 g/mol. The summed E-state index contributed by atoms with van der Waals surface area (Å²) in [5.41, 5.74) is 3.98. The smallest absolute Gasteiger partial charge is 0.323 e. The summed E-state index contributed by atoms with van der Waals surface area (Å²) in [6, 6.07) is 18.9. The lowest BCUT2D eigenvalue weighted by molar-refractivity contribution is -0.137. The maximum atomic E-state index is 13.3. The summed E-state index contributed by atoms with van der Waals surface area (Å²) >= 11 is 12.4. The van der Waals surface area contributed by atoms with E-state index in [1.165, 1.54) is 16.0 Å². The number of fused-ring (bicyclic) bond motifs is 1. The van der Waals surface area contributed by atoms with E-state index in [4.69, 9.17) is 27.9 Å². The summed E-state index contributed by atoms with van der Waals surface area (Å²) in [4.78, 5) is 26.1. The Morgan fingerprint density at radius 3 is 2.46 bits per heavy atom. The van der Waals surface area contributed by atoms with Crippen LogP contribution < -0.4 is 4.74 Å². The van der Waals surface area contributed by atoms with Gasteiger partial charge in [0.2, 0.25) is 0 Å². The van der Waals surface area contributed by atoms with E-state index in [9.17, 15) is 14.7 Å². The zero-order valence-electron chi connectivity index (χ0n) is 19.7. The number of carbonyl (C=O) groups is 2. The predicted octanol–water partition coefficient (Wildman–Crippen LogP) is 6.22. The number of benzene rings is 3. The molecule has 0 radical (unpaired) electrons. The average molecular weight is 512 g/mol. The SMILES string of the molecule is CCc1ccc(C[C@]2(C)Cc3cc(C(=O)N(CC(=O)O)Cc4cccc(Cl)c4Cl)ccc3O2)cc1. The molecule has 5 nitrogen and oxygen atoms in total. The molecule has 1 N–H and O–H groups in total. The molecular formula is C28H27Cl2NO4. The van der Waals surface area contributed by atoms with Crippen molar-refractivity contribution in [3.63, 3.8) is 0 Å². The minimum atomic E-state index is -1.11. The van der Waals surface area contributed by atoms with E-state index in [1.807, 2.05) is 0 Å². The van der Waals surface area contributed by atoms with Crippen molar-refractivity contribution < 1.29 is 19.4 Å². The Labute approximate surface area is 215 Å². The number of ether oxygens (including phenoxy) is 1. The molecular weight excluding hydrogens is 485 g/mol. The Morgan fingerprint density at radius 2 is 1.77 bits per heavy atom. The van der Waals surface area contributed by atoms with Crippen LogP contribution in [0.2, 0.25) is 10.0 Å². The van der Waals surface area contributed by atoms with Crippen molar-refractivity contribution in [1.82, 2.24) is 4.90 Å². The van der Waals surface area contributed by atoms with Crippen LogP contribution in [0.4, 0.5) is 0 Å². The number of halogens is 2. The minimum Gasteiger partial charge on any atom is -0.487 e. The Morgan fingerprint density at radius 1 is 1.06 bits per heavy atom. The molecule has 35 heavy (non-hydrogen) atoms. The van der Waals surface area contributed by atoms with Crippen molar-refractivity contribution in [2.45, 2.75) is 45.3 Å². The van der Waals surface area contributed by atoms with Gasteiger partial charge in [-0.05, 0) is 59.9 Å². The van der Waals surface area contributed by atoms with Crippen LogP contribution in [-0.2, 0) is 30.6 Å². The molecule has 7 heteroatoms. The highest BCUT2D eigenvalue weighted by Gasteiger charge is 2.35. The van der Waals surface area contributed by atoms with Crippen molar-refractivity contribution >= 4 is 35.1 Å². The number of hydrogen-bond donors (Lipinski definition) is 1. The van der Waals surface area contributed by atoms with Gasteiger partial charge in [0.05, 0.1) is 10.0 Å². The molecule has 3 aromatic carbocycles. The van der Waals surface area contributed by atoms with Crippen LogP contribution in [0.3, 0.4) is 0 Å². The normalized spacial score (nSPS) is 16.5. The molecule has 1 aliphatic rings. The minimum absolute atomic E-state index is 0.0313. The first kappa shape index (κ1) is 25.1. The van der Waals surface area contributed by atoms with Crippen molar-refractivity contribution in [3.8, 4) is 5.75 Å². The average Bonchev–Trinajstić information content (AvgIpc) is 3.16. The third-order valence-electron chi connectivity index (χ3n) is 6.24. The van der Waals surface area contributed by atoms with Crippen LogP contribution in [0.1, 0.15) is 46.5 Å². The molecule has 0 fully saturated rings. The van der Waals surface area contributed by atoms with E-state index in [2.05, 4.69) is 38.1 Å². The first-order valence-electron chi connectivity index (χ1n) is 11.5. The molecule has 4 rings (SSSR count).